The standard InChI is InChI=1S/C25H23ClN6O.C25H20N10O.C24H18N8O.C23H20ClN7O/c1-4-16-7-18-12-27-25(30-24(18)23(26)8-16)29-20-9-17(19-13-28-32(3)14-19)10-22(11-20)33-21-5-6-31(2)15-21;1-2-17(13-35-16-27-15-32-35)6-20(3-1)33-25-29-9-18-7-22(19-10-30-31-11-19)24(8-23(18)34-25)36-14-21-12-26-4-5-28-21;1-2-18-9-19-11-28-24(30-20-5-3-4-17(8-20)13-32-16-26-15-29-32)31-22(19)10-23(18)33-14-21-12-25-6-7-27-21;1-31-13-17(11-28-31)15-6-18(8-20(7-15)32-19-2-3-26-12-19)29-23-27-10-16-4-14(9-25)5-21(24)22(16)30-23/h1,7-14,21H,5-6,15H2,2-3H3,(H,27,29,30);1-12,15-16H,13-14H2,(H,30,31)(H,29,33,34);1,3-12,15-16H,13-14H2,(H,28,30,31);4-8,10-11,13,19,26H,2-3,12H2,1H3,(H,27,29,30)/t21-;;;19-/m1..1/s1. The fourth-order valence-corrected chi connectivity index (χ4v) is 15.4. The molecule has 2 fully saturated rings. The number of fused-ring (bicyclic) bond motifs is 4. The zero-order valence-corrected chi connectivity index (χ0v) is 73.7. The average Bonchev–Trinajstić information content (AvgIpc) is 1.23. The highest BCUT2D eigenvalue weighted by atomic mass is 35.5. The van der Waals surface area contributed by atoms with E-state index in [1.165, 1.54) is 12.7 Å². The molecule has 0 spiro atoms. The van der Waals surface area contributed by atoms with Gasteiger partial charge in [0.2, 0.25) is 23.8 Å². The molecule has 0 unspecified atom stereocenters. The van der Waals surface area contributed by atoms with E-state index in [0.717, 1.165) is 145 Å². The molecule has 0 saturated carbocycles. The molecule has 2 aliphatic rings. The maximum Gasteiger partial charge on any atom is 0.227 e. The van der Waals surface area contributed by atoms with Crippen LogP contribution in [0.1, 0.15) is 52.0 Å². The summed E-state index contributed by atoms with van der Waals surface area (Å²) in [5.41, 5.74) is 17.1. The van der Waals surface area contributed by atoms with E-state index in [1.807, 2.05) is 160 Å². The Kier molecular flexibility index (Phi) is 26.7. The minimum absolute atomic E-state index is 0.136. The van der Waals surface area contributed by atoms with Crippen LogP contribution < -0.4 is 45.5 Å². The highest BCUT2D eigenvalue weighted by molar-refractivity contribution is 6.35. The molecule has 2 atom stereocenters. The van der Waals surface area contributed by atoms with Gasteiger partial charge in [0.1, 0.15) is 73.7 Å². The molecule has 6 N–H and O–H groups in total. The Morgan fingerprint density at radius 3 is 1.51 bits per heavy atom. The molecule has 13 heterocycles. The first-order valence-corrected chi connectivity index (χ1v) is 42.9. The van der Waals surface area contributed by atoms with Gasteiger partial charge in [-0.25, -0.2) is 59.2 Å². The van der Waals surface area contributed by atoms with Crippen LogP contribution in [0.5, 0.6) is 23.0 Å². The highest BCUT2D eigenvalue weighted by Gasteiger charge is 2.24. The van der Waals surface area contributed by atoms with Crippen molar-refractivity contribution in [2.45, 2.75) is 51.4 Å². The number of likely N-dealkylation sites (tertiary alicyclic amines) is 1. The molecule has 35 nitrogen and oxygen atoms in total. The summed E-state index contributed by atoms with van der Waals surface area (Å²) >= 11 is 12.7. The molecule has 2 saturated heterocycles. The number of nitriles is 1. The summed E-state index contributed by atoms with van der Waals surface area (Å²) in [5, 5.41) is 53.5. The summed E-state index contributed by atoms with van der Waals surface area (Å²) in [6, 6.07) is 44.5. The van der Waals surface area contributed by atoms with Gasteiger partial charge in [0.15, 0.2) is 0 Å². The van der Waals surface area contributed by atoms with Crippen molar-refractivity contribution in [2.24, 2.45) is 14.1 Å². The van der Waals surface area contributed by atoms with E-state index in [0.29, 0.717) is 103 Å². The number of halogens is 2. The summed E-state index contributed by atoms with van der Waals surface area (Å²) < 4.78 is 31.7. The largest absolute Gasteiger partial charge is 0.489 e. The van der Waals surface area contributed by atoms with Crippen molar-refractivity contribution in [1.29, 1.82) is 5.26 Å². The fourth-order valence-electron chi connectivity index (χ4n) is 14.9. The van der Waals surface area contributed by atoms with Crippen molar-refractivity contribution in [3.05, 3.63) is 307 Å². The van der Waals surface area contributed by atoms with Crippen molar-refractivity contribution >= 4 is 113 Å². The number of likely N-dealkylation sites (N-methyl/N-ethyl adjacent to an activating group) is 1. The maximum atomic E-state index is 9.14. The Balaban J connectivity index is 0.000000120. The van der Waals surface area contributed by atoms with Gasteiger partial charge in [0.05, 0.1) is 105 Å². The topological polar surface area (TPSA) is 405 Å². The second-order valence-corrected chi connectivity index (χ2v) is 32.0. The number of H-pyrrole nitrogens is 1. The lowest BCUT2D eigenvalue weighted by Crippen LogP contribution is -2.21. The summed E-state index contributed by atoms with van der Waals surface area (Å²) in [5.74, 6) is 9.81. The van der Waals surface area contributed by atoms with E-state index in [2.05, 4.69) is 152 Å². The fraction of sp³-hybridized carbons (Fsp3) is 0.155. The number of aromatic amines is 1. The van der Waals surface area contributed by atoms with Crippen molar-refractivity contribution in [3.63, 3.8) is 0 Å². The molecule has 19 aromatic rings. The lowest BCUT2D eigenvalue weighted by atomic mass is 10.1. The molecule has 0 radical (unpaired) electrons. The SMILES string of the molecule is C#Cc1cc(Cl)c2nc(Nc3cc(O[C@@H]4CCN(C)C4)cc(-c4cnn(C)c4)c3)ncc2c1.C#Cc1cc2cnc(Nc3cccc(Cn4cncn4)c3)nc2cc1OCc1cnccn1.Cn1cc(-c2cc(Nc3ncc4cc(C#N)cc(Cl)c4n3)cc(O[C@@H]3CCNC3)c2)cn1.c1cc(Cn2cncn2)cc(Nc2ncc3cc(-c4cn[nH]c4)c(OCc4cnccn4)cc3n2)c1. The smallest absolute Gasteiger partial charge is 0.227 e. The van der Waals surface area contributed by atoms with Crippen LogP contribution in [0.2, 0.25) is 10.0 Å². The first kappa shape index (κ1) is 87.4. The van der Waals surface area contributed by atoms with E-state index in [4.69, 9.17) is 65.2 Å². The lowest BCUT2D eigenvalue weighted by Gasteiger charge is -2.16. The second kappa shape index (κ2) is 41.0. The molecule has 2 aliphatic heterocycles. The molecular formula is C97H81Cl2N31O4. The number of nitrogens with zero attached hydrogens (tertiary/aromatic N) is 25. The predicted octanol–water partition coefficient (Wildman–Crippen LogP) is 15.7. The Bertz CT molecular complexity index is 7490. The van der Waals surface area contributed by atoms with Crippen molar-refractivity contribution < 1.29 is 18.9 Å². The van der Waals surface area contributed by atoms with Crippen LogP contribution in [0.4, 0.5) is 46.5 Å². The van der Waals surface area contributed by atoms with Crippen molar-refractivity contribution in [3.8, 4) is 87.1 Å². The van der Waals surface area contributed by atoms with Gasteiger partial charge in [-0.2, -0.15) is 30.8 Å². The maximum absolute atomic E-state index is 9.14. The molecule has 37 heteroatoms. The molecule has 0 amide bonds. The van der Waals surface area contributed by atoms with Crippen molar-refractivity contribution in [1.82, 2.24) is 129 Å². The summed E-state index contributed by atoms with van der Waals surface area (Å²) in [4.78, 5) is 63.2. The van der Waals surface area contributed by atoms with Crippen LogP contribution in [-0.2, 0) is 40.4 Å². The van der Waals surface area contributed by atoms with E-state index < -0.39 is 0 Å². The molecule has 0 aliphatic carbocycles. The molecule has 134 heavy (non-hydrogen) atoms. The zero-order valence-electron chi connectivity index (χ0n) is 72.2. The number of benzene rings is 8. The zero-order chi connectivity index (χ0) is 91.6. The third kappa shape index (κ3) is 22.3. The number of aromatic nitrogens is 24. The first-order chi connectivity index (χ1) is 65.6. The van der Waals surface area contributed by atoms with Gasteiger partial charge in [-0.15, -0.1) is 12.8 Å². The Morgan fingerprint density at radius 2 is 1.02 bits per heavy atom. The molecule has 662 valence electrons. The molecule has 21 rings (SSSR count). The van der Waals surface area contributed by atoms with E-state index in [9.17, 15) is 0 Å². The van der Waals surface area contributed by atoms with Gasteiger partial charge >= 0.3 is 0 Å². The number of rotatable bonds is 25. The Hall–Kier alpha value is -17.3. The quantitative estimate of drug-likeness (QED) is 0.0289. The third-order valence-corrected chi connectivity index (χ3v) is 21.8. The van der Waals surface area contributed by atoms with Gasteiger partial charge < -0.3 is 50.4 Å². The monoisotopic (exact) mass is 1810 g/mol. The lowest BCUT2D eigenvalue weighted by molar-refractivity contribution is 0.208. The third-order valence-electron chi connectivity index (χ3n) is 21.2. The summed E-state index contributed by atoms with van der Waals surface area (Å²) in [7, 11) is 5.89. The van der Waals surface area contributed by atoms with Crippen molar-refractivity contribution in [2.75, 3.05) is 54.5 Å². The van der Waals surface area contributed by atoms with Gasteiger partial charge in [0, 0.05) is 198 Å². The summed E-state index contributed by atoms with van der Waals surface area (Å²) in [6.07, 6.45) is 47.7. The number of aryl methyl sites for hydroxylation is 2. The number of hydrogen-bond donors (Lipinski definition) is 6. The van der Waals surface area contributed by atoms with Crippen LogP contribution in [0, 0.1) is 36.0 Å². The summed E-state index contributed by atoms with van der Waals surface area (Å²) in [6.45, 7) is 5.50. The second-order valence-electron chi connectivity index (χ2n) is 31.1. The minimum Gasteiger partial charge on any atom is -0.489 e. The van der Waals surface area contributed by atoms with E-state index in [1.54, 1.807) is 118 Å². The molecule has 0 bridgehead atoms. The Morgan fingerprint density at radius 1 is 0.485 bits per heavy atom. The van der Waals surface area contributed by atoms with Gasteiger partial charge in [-0.1, -0.05) is 59.3 Å². The van der Waals surface area contributed by atoms with Gasteiger partial charge in [0.25, 0.3) is 0 Å². The van der Waals surface area contributed by atoms with Crippen LogP contribution in [0.3, 0.4) is 0 Å². The molecule has 8 aromatic carbocycles. The number of terminal acetylenes is 2. The van der Waals surface area contributed by atoms with E-state index in [-0.39, 0.29) is 25.4 Å². The minimum atomic E-state index is 0.136. The Labute approximate surface area is 776 Å². The number of nitrogens with one attached hydrogen (secondary N) is 6. The van der Waals surface area contributed by atoms with Crippen LogP contribution >= 0.6 is 23.2 Å². The average molecular weight is 1820 g/mol. The van der Waals surface area contributed by atoms with Gasteiger partial charge in [-0.3, -0.25) is 34.4 Å². The van der Waals surface area contributed by atoms with Crippen LogP contribution in [0.15, 0.2) is 258 Å². The molecule has 11 aromatic heterocycles. The van der Waals surface area contributed by atoms with Crippen LogP contribution in [-0.4, -0.2) is 169 Å². The van der Waals surface area contributed by atoms with E-state index >= 15 is 0 Å². The number of anilines is 8. The normalized spacial score (nSPS) is 13.3. The predicted molar refractivity (Wildman–Crippen MR) is 509 cm³/mol. The van der Waals surface area contributed by atoms with Gasteiger partial charge in [-0.05, 0) is 134 Å². The number of hydrogen-bond acceptors (Lipinski definition) is 30. The van der Waals surface area contributed by atoms with Crippen LogP contribution in [0.25, 0.3) is 77.0 Å². The number of ether oxygens (including phenoxy) is 4. The highest BCUT2D eigenvalue weighted by Crippen LogP contribution is 2.38. The first-order valence-electron chi connectivity index (χ1n) is 42.1. The molecular weight excluding hydrogens is 1730 g/mol.